The number of aromatic nitrogens is 3. The molecule has 4 aromatic rings. The molecule has 0 spiro atoms. The second-order valence-corrected chi connectivity index (χ2v) is 10.5. The molecule has 0 radical (unpaired) electrons. The van der Waals surface area contributed by atoms with Gasteiger partial charge in [-0.2, -0.15) is 18.2 Å². The van der Waals surface area contributed by atoms with E-state index < -0.39 is 11.7 Å². The molecule has 1 aliphatic rings. The third kappa shape index (κ3) is 6.12. The molecule has 2 aromatic carbocycles. The van der Waals surface area contributed by atoms with Gasteiger partial charge in [-0.3, -0.25) is 9.69 Å². The van der Waals surface area contributed by atoms with Gasteiger partial charge in [-0.25, -0.2) is 9.97 Å². The summed E-state index contributed by atoms with van der Waals surface area (Å²) < 4.78 is 46.4. The number of fused-ring (bicyclic) bond motifs is 1. The summed E-state index contributed by atoms with van der Waals surface area (Å²) in [4.78, 5) is 29.8. The fourth-order valence-electron chi connectivity index (χ4n) is 4.35. The SMILES string of the molecule is CC(=O)Nc1nc2c(Oc3cc(-c4ccc(C(F)(F)F)cc4)nc(N4CCN(C(C)C)CC4)n3)cccc2s1. The van der Waals surface area contributed by atoms with Crippen LogP contribution < -0.4 is 15.0 Å². The second-order valence-electron chi connectivity index (χ2n) is 9.49. The number of hydrogen-bond acceptors (Lipinski definition) is 8. The van der Waals surface area contributed by atoms with Gasteiger partial charge in [0.2, 0.25) is 17.7 Å². The molecule has 0 unspecified atom stereocenters. The number of nitrogens with zero attached hydrogens (tertiary/aromatic N) is 5. The molecule has 1 aliphatic heterocycles. The minimum absolute atomic E-state index is 0.226. The number of alkyl halides is 3. The summed E-state index contributed by atoms with van der Waals surface area (Å²) in [6.45, 7) is 8.80. The number of para-hydroxylation sites is 1. The molecule has 5 rings (SSSR count). The lowest BCUT2D eigenvalue weighted by molar-refractivity contribution is -0.137. The van der Waals surface area contributed by atoms with Crippen LogP contribution in [0.2, 0.25) is 0 Å². The van der Waals surface area contributed by atoms with Crippen LogP contribution >= 0.6 is 11.3 Å². The van der Waals surface area contributed by atoms with Crippen LogP contribution in [0.3, 0.4) is 0 Å². The van der Waals surface area contributed by atoms with Crippen molar-refractivity contribution < 1.29 is 22.7 Å². The van der Waals surface area contributed by atoms with E-state index in [1.165, 1.54) is 30.4 Å². The number of nitrogens with one attached hydrogen (secondary N) is 1. The van der Waals surface area contributed by atoms with E-state index in [9.17, 15) is 18.0 Å². The van der Waals surface area contributed by atoms with E-state index in [4.69, 9.17) is 9.72 Å². The Morgan fingerprint density at radius 2 is 1.74 bits per heavy atom. The summed E-state index contributed by atoms with van der Waals surface area (Å²) in [5, 5.41) is 3.14. The number of carbonyl (C=O) groups is 1. The van der Waals surface area contributed by atoms with Gasteiger partial charge in [-0.05, 0) is 38.1 Å². The van der Waals surface area contributed by atoms with E-state index >= 15 is 0 Å². The molecule has 12 heteroatoms. The van der Waals surface area contributed by atoms with Crippen molar-refractivity contribution in [3.05, 3.63) is 54.1 Å². The van der Waals surface area contributed by atoms with Crippen molar-refractivity contribution in [2.24, 2.45) is 0 Å². The highest BCUT2D eigenvalue weighted by Crippen LogP contribution is 2.36. The van der Waals surface area contributed by atoms with Crippen molar-refractivity contribution in [3.63, 3.8) is 0 Å². The monoisotopic (exact) mass is 556 g/mol. The van der Waals surface area contributed by atoms with E-state index in [2.05, 4.69) is 38.9 Å². The molecule has 204 valence electrons. The number of anilines is 2. The van der Waals surface area contributed by atoms with Gasteiger partial charge >= 0.3 is 6.18 Å². The zero-order chi connectivity index (χ0) is 27.7. The molecule has 1 N–H and O–H groups in total. The summed E-state index contributed by atoms with van der Waals surface area (Å²) in [6.07, 6.45) is -4.43. The first-order chi connectivity index (χ1) is 18.6. The molecule has 3 heterocycles. The van der Waals surface area contributed by atoms with Crippen molar-refractivity contribution in [1.29, 1.82) is 0 Å². The van der Waals surface area contributed by atoms with E-state index in [1.807, 2.05) is 12.1 Å². The van der Waals surface area contributed by atoms with Crippen molar-refractivity contribution >= 4 is 38.5 Å². The first-order valence-corrected chi connectivity index (χ1v) is 13.3. The summed E-state index contributed by atoms with van der Waals surface area (Å²) in [5.74, 6) is 0.890. The zero-order valence-electron chi connectivity index (χ0n) is 21.6. The van der Waals surface area contributed by atoms with Gasteiger partial charge in [0.1, 0.15) is 5.52 Å². The minimum atomic E-state index is -4.43. The smallest absolute Gasteiger partial charge is 0.416 e. The maximum absolute atomic E-state index is 13.1. The van der Waals surface area contributed by atoms with Crippen LogP contribution in [0.5, 0.6) is 11.6 Å². The molecular formula is C27H27F3N6O2S. The van der Waals surface area contributed by atoms with Gasteiger partial charge in [0.05, 0.1) is 16.0 Å². The van der Waals surface area contributed by atoms with Crippen LogP contribution in [0.15, 0.2) is 48.5 Å². The average Bonchev–Trinajstić information content (AvgIpc) is 3.31. The molecule has 8 nitrogen and oxygen atoms in total. The van der Waals surface area contributed by atoms with Crippen LogP contribution in [0, 0.1) is 0 Å². The highest BCUT2D eigenvalue weighted by molar-refractivity contribution is 7.22. The highest BCUT2D eigenvalue weighted by Gasteiger charge is 2.30. The number of halogens is 3. The molecule has 1 amide bonds. The molecular weight excluding hydrogens is 529 g/mol. The van der Waals surface area contributed by atoms with Crippen molar-refractivity contribution in [2.45, 2.75) is 33.0 Å². The number of benzene rings is 2. The predicted molar refractivity (Wildman–Crippen MR) is 145 cm³/mol. The lowest BCUT2D eigenvalue weighted by atomic mass is 10.1. The van der Waals surface area contributed by atoms with Gasteiger partial charge < -0.3 is 15.0 Å². The predicted octanol–water partition coefficient (Wildman–Crippen LogP) is 6.05. The van der Waals surface area contributed by atoms with E-state index in [0.717, 1.165) is 29.9 Å². The van der Waals surface area contributed by atoms with Gasteiger partial charge in [-0.15, -0.1) is 0 Å². The molecule has 1 saturated heterocycles. The van der Waals surface area contributed by atoms with Crippen LogP contribution in [-0.4, -0.2) is 58.0 Å². The maximum Gasteiger partial charge on any atom is 0.416 e. The maximum atomic E-state index is 13.1. The standard InChI is InChI=1S/C27H27F3N6O2S/c1-16(2)35-11-13-36(14-12-35)25-32-20(18-7-9-19(10-8-18)27(28,29)30)15-23(33-25)38-21-5-4-6-22-24(21)34-26(39-22)31-17(3)37/h4-10,15-16H,11-14H2,1-3H3,(H,31,34,37). The molecule has 0 atom stereocenters. The summed E-state index contributed by atoms with van der Waals surface area (Å²) in [7, 11) is 0. The van der Waals surface area contributed by atoms with Gasteiger partial charge in [0, 0.05) is 50.8 Å². The summed E-state index contributed by atoms with van der Waals surface area (Å²) in [5.41, 5.74) is 0.788. The molecule has 0 bridgehead atoms. The lowest BCUT2D eigenvalue weighted by Gasteiger charge is -2.37. The van der Waals surface area contributed by atoms with Crippen molar-refractivity contribution in [2.75, 3.05) is 36.4 Å². The van der Waals surface area contributed by atoms with Crippen LogP contribution in [0.25, 0.3) is 21.5 Å². The summed E-state index contributed by atoms with van der Waals surface area (Å²) in [6, 6.07) is 12.3. The lowest BCUT2D eigenvalue weighted by Crippen LogP contribution is -2.49. The Morgan fingerprint density at radius 3 is 2.38 bits per heavy atom. The Labute approximate surface area is 227 Å². The third-order valence-electron chi connectivity index (χ3n) is 6.41. The normalized spacial score (nSPS) is 14.7. The Hall–Kier alpha value is -3.77. The van der Waals surface area contributed by atoms with Crippen molar-refractivity contribution in [1.82, 2.24) is 19.9 Å². The Balaban J connectivity index is 1.51. The Kier molecular flexibility index (Phi) is 7.41. The van der Waals surface area contributed by atoms with E-state index in [1.54, 1.807) is 12.1 Å². The van der Waals surface area contributed by atoms with E-state index in [0.29, 0.717) is 52.7 Å². The van der Waals surface area contributed by atoms with Gasteiger partial charge in [0.25, 0.3) is 0 Å². The molecule has 0 aliphatic carbocycles. The highest BCUT2D eigenvalue weighted by atomic mass is 32.1. The fourth-order valence-corrected chi connectivity index (χ4v) is 5.27. The number of piperazine rings is 1. The number of hydrogen-bond donors (Lipinski definition) is 1. The molecule has 39 heavy (non-hydrogen) atoms. The Morgan fingerprint density at radius 1 is 1.03 bits per heavy atom. The van der Waals surface area contributed by atoms with Gasteiger partial charge in [-0.1, -0.05) is 29.5 Å². The van der Waals surface area contributed by atoms with Gasteiger partial charge in [0.15, 0.2) is 10.9 Å². The molecule has 2 aromatic heterocycles. The van der Waals surface area contributed by atoms with Crippen LogP contribution in [0.4, 0.5) is 24.3 Å². The van der Waals surface area contributed by atoms with Crippen LogP contribution in [-0.2, 0) is 11.0 Å². The van der Waals surface area contributed by atoms with E-state index in [-0.39, 0.29) is 11.8 Å². The molecule has 1 fully saturated rings. The number of rotatable bonds is 6. The zero-order valence-corrected chi connectivity index (χ0v) is 22.4. The van der Waals surface area contributed by atoms with Crippen LogP contribution in [0.1, 0.15) is 26.3 Å². The minimum Gasteiger partial charge on any atom is -0.437 e. The average molecular weight is 557 g/mol. The number of thiazole rings is 1. The first-order valence-electron chi connectivity index (χ1n) is 12.5. The third-order valence-corrected chi connectivity index (χ3v) is 7.34. The van der Waals surface area contributed by atoms with Crippen molar-refractivity contribution in [3.8, 4) is 22.9 Å². The summed E-state index contributed by atoms with van der Waals surface area (Å²) >= 11 is 1.32. The topological polar surface area (TPSA) is 83.5 Å². The second kappa shape index (κ2) is 10.8. The first kappa shape index (κ1) is 26.8. The number of ether oxygens (including phenoxy) is 1. The molecule has 0 saturated carbocycles. The Bertz CT molecular complexity index is 1480. The quantitative estimate of drug-likeness (QED) is 0.309. The number of amides is 1. The largest absolute Gasteiger partial charge is 0.437 e. The fraction of sp³-hybridized carbons (Fsp3) is 0.333. The number of carbonyl (C=O) groups excluding carboxylic acids is 1.